The Hall–Kier alpha value is -1.53. The molecule has 0 aromatic heterocycles. The molecule has 1 atom stereocenters. The van der Waals surface area contributed by atoms with E-state index in [1.54, 1.807) is 0 Å². The van der Waals surface area contributed by atoms with Crippen molar-refractivity contribution in [3.05, 3.63) is 35.9 Å². The van der Waals surface area contributed by atoms with Gasteiger partial charge in [0.1, 0.15) is 11.0 Å². The molecule has 25 heavy (non-hydrogen) atoms. The van der Waals surface area contributed by atoms with E-state index in [-0.39, 0.29) is 16.1 Å². The monoisotopic (exact) mass is 362 g/mol. The first-order chi connectivity index (χ1) is 11.8. The summed E-state index contributed by atoms with van der Waals surface area (Å²) in [5, 5.41) is 0. The first-order valence-electron chi connectivity index (χ1n) is 8.74. The lowest BCUT2D eigenvalue weighted by atomic mass is 9.76. The quantitative estimate of drug-likeness (QED) is 0.813. The van der Waals surface area contributed by atoms with E-state index in [1.807, 2.05) is 56.0 Å². The molecule has 2 saturated heterocycles. The molecule has 2 heterocycles. The van der Waals surface area contributed by atoms with Crippen LogP contribution in [0.3, 0.4) is 0 Å². The first kappa shape index (κ1) is 18.3. The van der Waals surface area contributed by atoms with Gasteiger partial charge in [-0.2, -0.15) is 4.40 Å². The second-order valence-corrected chi connectivity index (χ2v) is 9.74. The van der Waals surface area contributed by atoms with Crippen molar-refractivity contribution >= 4 is 22.6 Å². The van der Waals surface area contributed by atoms with Gasteiger partial charge in [-0.1, -0.05) is 18.2 Å². The highest BCUT2D eigenvalue weighted by Crippen LogP contribution is 2.38. The van der Waals surface area contributed by atoms with Crippen molar-refractivity contribution in [2.45, 2.75) is 38.4 Å². The van der Waals surface area contributed by atoms with Crippen LogP contribution in [0.2, 0.25) is 0 Å². The van der Waals surface area contributed by atoms with Crippen LogP contribution >= 0.6 is 0 Å². The van der Waals surface area contributed by atoms with Crippen molar-refractivity contribution in [3.8, 4) is 0 Å². The Morgan fingerprint density at radius 3 is 2.44 bits per heavy atom. The van der Waals surface area contributed by atoms with Gasteiger partial charge in [0.15, 0.2) is 0 Å². The maximum Gasteiger partial charge on any atom is 0.253 e. The van der Waals surface area contributed by atoms with Gasteiger partial charge in [-0.3, -0.25) is 4.79 Å². The fraction of sp³-hybridized carbons (Fsp3) is 0.579. The molecule has 6 heteroatoms. The summed E-state index contributed by atoms with van der Waals surface area (Å²) in [6, 6.07) is 9.39. The van der Waals surface area contributed by atoms with Crippen molar-refractivity contribution in [3.63, 3.8) is 0 Å². The van der Waals surface area contributed by atoms with Gasteiger partial charge < -0.3 is 9.64 Å². The minimum atomic E-state index is -1.27. The van der Waals surface area contributed by atoms with Crippen LogP contribution in [0.25, 0.3) is 0 Å². The van der Waals surface area contributed by atoms with Gasteiger partial charge >= 0.3 is 0 Å². The molecule has 2 aliphatic heterocycles. The third-order valence-corrected chi connectivity index (χ3v) is 6.41. The third-order valence-electron chi connectivity index (χ3n) is 4.97. The summed E-state index contributed by atoms with van der Waals surface area (Å²) in [6.45, 7) is 8.20. The van der Waals surface area contributed by atoms with Gasteiger partial charge in [0.25, 0.3) is 5.91 Å². The average Bonchev–Trinajstić information content (AvgIpc) is 2.97. The van der Waals surface area contributed by atoms with Crippen molar-refractivity contribution in [1.29, 1.82) is 0 Å². The minimum absolute atomic E-state index is 0.0751. The lowest BCUT2D eigenvalue weighted by molar-refractivity contribution is 0.0587. The SMILES string of the molecule is CC(C)(C)[S@](=O)N=C1COCC12CCN(C(=O)c1ccccc1)CC2. The zero-order valence-electron chi connectivity index (χ0n) is 15.2. The highest BCUT2D eigenvalue weighted by atomic mass is 32.2. The standard InChI is InChI=1S/C19H26N2O3S/c1-18(2,3)25(23)20-16-13-24-14-19(16)9-11-21(12-10-19)17(22)15-7-5-4-6-8-15/h4-8H,9-14H2,1-3H3/t25-/m0/s1. The Morgan fingerprint density at radius 1 is 1.20 bits per heavy atom. The fourth-order valence-electron chi connectivity index (χ4n) is 3.27. The van der Waals surface area contributed by atoms with Crippen molar-refractivity contribution in [2.75, 3.05) is 26.3 Å². The Morgan fingerprint density at radius 2 is 1.84 bits per heavy atom. The largest absolute Gasteiger partial charge is 0.374 e. The molecule has 0 saturated carbocycles. The molecular weight excluding hydrogens is 336 g/mol. The van der Waals surface area contributed by atoms with E-state index >= 15 is 0 Å². The number of likely N-dealkylation sites (tertiary alicyclic amines) is 1. The highest BCUT2D eigenvalue weighted by Gasteiger charge is 2.45. The maximum atomic E-state index is 12.6. The number of hydrogen-bond acceptors (Lipinski definition) is 3. The smallest absolute Gasteiger partial charge is 0.253 e. The molecule has 2 aliphatic rings. The Kier molecular flexibility index (Phi) is 5.11. The highest BCUT2D eigenvalue weighted by molar-refractivity contribution is 7.85. The van der Waals surface area contributed by atoms with Crippen LogP contribution in [0.15, 0.2) is 34.7 Å². The summed E-state index contributed by atoms with van der Waals surface area (Å²) in [5.41, 5.74) is 1.48. The zero-order chi connectivity index (χ0) is 18.1. The summed E-state index contributed by atoms with van der Waals surface area (Å²) in [7, 11) is -1.27. The Bertz CT molecular complexity index is 686. The molecule has 3 rings (SSSR count). The normalized spacial score (nSPS) is 23.2. The van der Waals surface area contributed by atoms with Crippen LogP contribution < -0.4 is 0 Å². The van der Waals surface area contributed by atoms with Crippen LogP contribution in [-0.2, 0) is 15.7 Å². The second kappa shape index (κ2) is 7.00. The second-order valence-electron chi connectivity index (χ2n) is 7.83. The molecule has 0 aliphatic carbocycles. The first-order valence-corrected chi connectivity index (χ1v) is 9.85. The minimum Gasteiger partial charge on any atom is -0.374 e. The number of carbonyl (C=O) groups is 1. The lowest BCUT2D eigenvalue weighted by Gasteiger charge is -2.38. The molecule has 1 spiro atoms. The number of piperidine rings is 1. The number of nitrogens with zero attached hydrogens (tertiary/aromatic N) is 2. The molecule has 0 N–H and O–H groups in total. The fourth-order valence-corrected chi connectivity index (χ4v) is 3.99. The predicted octanol–water partition coefficient (Wildman–Crippen LogP) is 2.84. The summed E-state index contributed by atoms with van der Waals surface area (Å²) in [4.78, 5) is 14.5. The van der Waals surface area contributed by atoms with E-state index in [0.717, 1.165) is 24.1 Å². The number of hydrogen-bond donors (Lipinski definition) is 0. The van der Waals surface area contributed by atoms with Crippen molar-refractivity contribution in [1.82, 2.24) is 4.90 Å². The van der Waals surface area contributed by atoms with E-state index < -0.39 is 11.0 Å². The van der Waals surface area contributed by atoms with E-state index in [2.05, 4.69) is 4.40 Å². The molecule has 1 amide bonds. The van der Waals surface area contributed by atoms with Crippen molar-refractivity contribution in [2.24, 2.45) is 9.81 Å². The van der Waals surface area contributed by atoms with E-state index in [0.29, 0.717) is 26.3 Å². The third kappa shape index (κ3) is 3.85. The number of benzene rings is 1. The molecule has 5 nitrogen and oxygen atoms in total. The number of carbonyl (C=O) groups excluding carboxylic acids is 1. The summed E-state index contributed by atoms with van der Waals surface area (Å²) >= 11 is 0. The summed E-state index contributed by atoms with van der Waals surface area (Å²) in [5.74, 6) is 0.0751. The van der Waals surface area contributed by atoms with Gasteiger partial charge in [-0.25, -0.2) is 4.21 Å². The van der Waals surface area contributed by atoms with Crippen LogP contribution in [0.5, 0.6) is 0 Å². The van der Waals surface area contributed by atoms with Gasteiger partial charge in [-0.05, 0) is 45.7 Å². The van der Waals surface area contributed by atoms with Crippen LogP contribution in [0, 0.1) is 5.41 Å². The number of ether oxygens (including phenoxy) is 1. The Balaban J connectivity index is 1.71. The number of amides is 1. The van der Waals surface area contributed by atoms with Gasteiger partial charge in [-0.15, -0.1) is 0 Å². The van der Waals surface area contributed by atoms with Crippen LogP contribution in [0.4, 0.5) is 0 Å². The topological polar surface area (TPSA) is 59.0 Å². The summed E-state index contributed by atoms with van der Waals surface area (Å²) < 4.78 is 22.2. The molecule has 0 bridgehead atoms. The van der Waals surface area contributed by atoms with Gasteiger partial charge in [0.2, 0.25) is 0 Å². The molecule has 136 valence electrons. The Labute approximate surface area is 152 Å². The summed E-state index contributed by atoms with van der Waals surface area (Å²) in [6.07, 6.45) is 1.62. The maximum absolute atomic E-state index is 12.6. The molecule has 2 fully saturated rings. The lowest BCUT2D eigenvalue weighted by Crippen LogP contribution is -2.46. The molecule has 1 aromatic rings. The molecule has 0 radical (unpaired) electrons. The van der Waals surface area contributed by atoms with Gasteiger partial charge in [0.05, 0.1) is 23.7 Å². The number of rotatable bonds is 2. The van der Waals surface area contributed by atoms with Gasteiger partial charge in [0, 0.05) is 24.1 Å². The van der Waals surface area contributed by atoms with Crippen LogP contribution in [0.1, 0.15) is 44.0 Å². The molecule has 1 aromatic carbocycles. The van der Waals surface area contributed by atoms with E-state index in [4.69, 9.17) is 4.74 Å². The molecular formula is C19H26N2O3S. The predicted molar refractivity (Wildman–Crippen MR) is 100 cm³/mol. The zero-order valence-corrected chi connectivity index (χ0v) is 16.0. The van der Waals surface area contributed by atoms with E-state index in [9.17, 15) is 9.00 Å². The average molecular weight is 362 g/mol. The van der Waals surface area contributed by atoms with Crippen molar-refractivity contribution < 1.29 is 13.7 Å². The molecule has 0 unspecified atom stereocenters. The van der Waals surface area contributed by atoms with E-state index in [1.165, 1.54) is 0 Å². The van der Waals surface area contributed by atoms with Crippen LogP contribution in [-0.4, -0.2) is 51.8 Å².